The van der Waals surface area contributed by atoms with Crippen LogP contribution in [0.4, 0.5) is 18.9 Å². The summed E-state index contributed by atoms with van der Waals surface area (Å²) in [7, 11) is 0. The largest absolute Gasteiger partial charge is 0.418 e. The fourth-order valence-electron chi connectivity index (χ4n) is 1.50. The van der Waals surface area contributed by atoms with Gasteiger partial charge in [-0.05, 0) is 25.0 Å². The Balaban J connectivity index is 2.53. The molecule has 1 rings (SSSR count). The number of alkyl halides is 4. The van der Waals surface area contributed by atoms with Gasteiger partial charge >= 0.3 is 6.18 Å². The van der Waals surface area contributed by atoms with Crippen LogP contribution >= 0.6 is 11.6 Å². The molecule has 0 saturated carbocycles. The molecule has 0 bridgehead atoms. The van der Waals surface area contributed by atoms with Gasteiger partial charge in [-0.25, -0.2) is 0 Å². The molecule has 0 aliphatic rings. The first-order valence-corrected chi connectivity index (χ1v) is 6.05. The van der Waals surface area contributed by atoms with Gasteiger partial charge in [0.05, 0.1) is 5.56 Å². The molecule has 0 heterocycles. The van der Waals surface area contributed by atoms with Crippen LogP contribution in [0.1, 0.15) is 24.8 Å². The third-order valence-electron chi connectivity index (χ3n) is 2.36. The number of benzene rings is 1. The Kier molecular flexibility index (Phi) is 5.62. The Morgan fingerprint density at radius 3 is 2.41 bits per heavy atom. The summed E-state index contributed by atoms with van der Waals surface area (Å²) >= 11 is 5.51. The number of rotatable bonds is 6. The minimum absolute atomic E-state index is 0.144. The molecule has 1 nitrogen and oxygen atoms in total. The van der Waals surface area contributed by atoms with Crippen molar-refractivity contribution in [3.8, 4) is 0 Å². The Hall–Kier alpha value is -0.900. The molecule has 0 saturated heterocycles. The van der Waals surface area contributed by atoms with Crippen LogP contribution < -0.4 is 5.32 Å². The average Bonchev–Trinajstić information content (AvgIpc) is 2.28. The fraction of sp³-hybridized carbons (Fsp3) is 0.500. The highest BCUT2D eigenvalue weighted by atomic mass is 35.5. The van der Waals surface area contributed by atoms with Gasteiger partial charge in [0, 0.05) is 18.1 Å². The van der Waals surface area contributed by atoms with Crippen molar-refractivity contribution >= 4 is 17.3 Å². The summed E-state index contributed by atoms with van der Waals surface area (Å²) < 4.78 is 37.9. The number of nitrogens with one attached hydrogen (secondary N) is 1. The number of unbranched alkanes of at least 4 members (excludes halogenated alkanes) is 2. The smallest absolute Gasteiger partial charge is 0.385 e. The minimum Gasteiger partial charge on any atom is -0.385 e. The first-order chi connectivity index (χ1) is 8.05. The summed E-state index contributed by atoms with van der Waals surface area (Å²) in [6, 6.07) is 5.52. The van der Waals surface area contributed by atoms with Gasteiger partial charge in [0.1, 0.15) is 0 Å². The highest BCUT2D eigenvalue weighted by molar-refractivity contribution is 6.17. The fourth-order valence-corrected chi connectivity index (χ4v) is 1.69. The first kappa shape index (κ1) is 14.2. The molecular formula is C12H15ClF3N. The van der Waals surface area contributed by atoms with Gasteiger partial charge < -0.3 is 5.32 Å². The second-order valence-corrected chi connectivity index (χ2v) is 4.10. The van der Waals surface area contributed by atoms with E-state index in [1.807, 2.05) is 0 Å². The molecule has 0 aliphatic heterocycles. The lowest BCUT2D eigenvalue weighted by atomic mass is 10.1. The van der Waals surface area contributed by atoms with Gasteiger partial charge in [-0.15, -0.1) is 11.6 Å². The predicted molar refractivity (Wildman–Crippen MR) is 64.5 cm³/mol. The van der Waals surface area contributed by atoms with Gasteiger partial charge in [-0.1, -0.05) is 18.6 Å². The van der Waals surface area contributed by atoms with E-state index in [1.54, 1.807) is 6.07 Å². The van der Waals surface area contributed by atoms with E-state index < -0.39 is 11.7 Å². The van der Waals surface area contributed by atoms with Crippen molar-refractivity contribution in [2.75, 3.05) is 17.7 Å². The summed E-state index contributed by atoms with van der Waals surface area (Å²) in [6.45, 7) is 0.532. The molecule has 0 spiro atoms. The second kappa shape index (κ2) is 6.74. The van der Waals surface area contributed by atoms with E-state index in [0.717, 1.165) is 25.3 Å². The Morgan fingerprint density at radius 1 is 1.06 bits per heavy atom. The Labute approximate surface area is 104 Å². The highest BCUT2D eigenvalue weighted by Crippen LogP contribution is 2.34. The number of halogens is 4. The zero-order valence-electron chi connectivity index (χ0n) is 9.36. The molecular weight excluding hydrogens is 251 g/mol. The van der Waals surface area contributed by atoms with E-state index in [-0.39, 0.29) is 5.69 Å². The zero-order chi connectivity index (χ0) is 12.7. The predicted octanol–water partition coefficient (Wildman–Crippen LogP) is 4.53. The van der Waals surface area contributed by atoms with Crippen molar-refractivity contribution < 1.29 is 13.2 Å². The van der Waals surface area contributed by atoms with Crippen molar-refractivity contribution in [2.24, 2.45) is 0 Å². The van der Waals surface area contributed by atoms with Crippen molar-refractivity contribution in [3.05, 3.63) is 29.8 Å². The van der Waals surface area contributed by atoms with E-state index in [2.05, 4.69) is 5.32 Å². The van der Waals surface area contributed by atoms with Crippen LogP contribution in [0, 0.1) is 0 Å². The summed E-state index contributed by atoms with van der Waals surface area (Å²) in [5.74, 6) is 0.596. The summed E-state index contributed by atoms with van der Waals surface area (Å²) in [5, 5.41) is 2.82. The van der Waals surface area contributed by atoms with Crippen molar-refractivity contribution in [1.29, 1.82) is 0 Å². The zero-order valence-corrected chi connectivity index (χ0v) is 10.1. The molecule has 17 heavy (non-hydrogen) atoms. The van der Waals surface area contributed by atoms with Crippen molar-refractivity contribution in [2.45, 2.75) is 25.4 Å². The molecule has 0 aromatic heterocycles. The van der Waals surface area contributed by atoms with Crippen LogP contribution in [-0.2, 0) is 6.18 Å². The third-order valence-corrected chi connectivity index (χ3v) is 2.63. The monoisotopic (exact) mass is 265 g/mol. The third kappa shape index (κ3) is 4.86. The summed E-state index contributed by atoms with van der Waals surface area (Å²) in [6.07, 6.45) is -1.67. The molecule has 0 atom stereocenters. The molecule has 0 amide bonds. The normalized spacial score (nSPS) is 11.5. The molecule has 0 aliphatic carbocycles. The Morgan fingerprint density at radius 2 is 1.76 bits per heavy atom. The second-order valence-electron chi connectivity index (χ2n) is 3.72. The lowest BCUT2D eigenvalue weighted by molar-refractivity contribution is -0.136. The van der Waals surface area contributed by atoms with Crippen molar-refractivity contribution in [3.63, 3.8) is 0 Å². The quantitative estimate of drug-likeness (QED) is 0.589. The molecule has 1 aromatic rings. The van der Waals surface area contributed by atoms with E-state index in [0.29, 0.717) is 12.4 Å². The topological polar surface area (TPSA) is 12.0 Å². The maximum absolute atomic E-state index is 12.6. The molecule has 96 valence electrons. The lowest BCUT2D eigenvalue weighted by Gasteiger charge is -2.14. The van der Waals surface area contributed by atoms with Crippen LogP contribution in [0.15, 0.2) is 24.3 Å². The average molecular weight is 266 g/mol. The number of hydrogen-bond donors (Lipinski definition) is 1. The Bertz CT molecular complexity index is 339. The molecule has 0 fully saturated rings. The SMILES string of the molecule is FC(F)(F)c1ccccc1NCCCCCCl. The van der Waals surface area contributed by atoms with Crippen LogP contribution in [0.5, 0.6) is 0 Å². The van der Waals surface area contributed by atoms with Crippen LogP contribution in [0.25, 0.3) is 0 Å². The standard InChI is InChI=1S/C12H15ClF3N/c13-8-4-1-5-9-17-11-7-3-2-6-10(11)12(14,15)16/h2-3,6-7,17H,1,4-5,8-9H2. The van der Waals surface area contributed by atoms with Gasteiger partial charge in [0.25, 0.3) is 0 Å². The number of hydrogen-bond acceptors (Lipinski definition) is 1. The molecule has 0 unspecified atom stereocenters. The minimum atomic E-state index is -4.31. The maximum atomic E-state index is 12.6. The molecule has 1 N–H and O–H groups in total. The van der Waals surface area contributed by atoms with Gasteiger partial charge in [-0.3, -0.25) is 0 Å². The van der Waals surface area contributed by atoms with Gasteiger partial charge in [0.15, 0.2) is 0 Å². The van der Waals surface area contributed by atoms with Crippen LogP contribution in [0.2, 0.25) is 0 Å². The highest BCUT2D eigenvalue weighted by Gasteiger charge is 2.32. The lowest BCUT2D eigenvalue weighted by Crippen LogP contribution is -2.11. The first-order valence-electron chi connectivity index (χ1n) is 5.52. The molecule has 1 aromatic carbocycles. The van der Waals surface area contributed by atoms with E-state index in [9.17, 15) is 13.2 Å². The van der Waals surface area contributed by atoms with Gasteiger partial charge in [0.2, 0.25) is 0 Å². The summed E-state index contributed by atoms with van der Waals surface area (Å²) in [4.78, 5) is 0. The van der Waals surface area contributed by atoms with Gasteiger partial charge in [-0.2, -0.15) is 13.2 Å². The summed E-state index contributed by atoms with van der Waals surface area (Å²) in [5.41, 5.74) is -0.469. The van der Waals surface area contributed by atoms with E-state index in [1.165, 1.54) is 12.1 Å². The number of anilines is 1. The van der Waals surface area contributed by atoms with E-state index >= 15 is 0 Å². The van der Waals surface area contributed by atoms with Crippen LogP contribution in [0.3, 0.4) is 0 Å². The molecule has 5 heteroatoms. The van der Waals surface area contributed by atoms with Crippen LogP contribution in [-0.4, -0.2) is 12.4 Å². The molecule has 0 radical (unpaired) electrons. The van der Waals surface area contributed by atoms with E-state index in [4.69, 9.17) is 11.6 Å². The number of para-hydroxylation sites is 1. The maximum Gasteiger partial charge on any atom is 0.418 e. The van der Waals surface area contributed by atoms with Crippen molar-refractivity contribution in [1.82, 2.24) is 0 Å².